The van der Waals surface area contributed by atoms with Crippen LogP contribution in [0.3, 0.4) is 0 Å². The third-order valence-corrected chi connectivity index (χ3v) is 2.69. The van der Waals surface area contributed by atoms with Gasteiger partial charge in [0.15, 0.2) is 0 Å². The maximum atomic E-state index is 10.8. The van der Waals surface area contributed by atoms with Crippen molar-refractivity contribution in [2.75, 3.05) is 7.11 Å². The van der Waals surface area contributed by atoms with Crippen LogP contribution in [-0.2, 0) is 11.3 Å². The lowest BCUT2D eigenvalue weighted by Gasteiger charge is -2.10. The molecule has 18 heavy (non-hydrogen) atoms. The van der Waals surface area contributed by atoms with Crippen molar-refractivity contribution in [3.63, 3.8) is 0 Å². The molecule has 1 heterocycles. The molecule has 2 aromatic rings. The van der Waals surface area contributed by atoms with E-state index < -0.39 is 5.97 Å². The minimum absolute atomic E-state index is 0.162. The Kier molecular flexibility index (Phi) is 3.53. The van der Waals surface area contributed by atoms with Gasteiger partial charge in [0.05, 0.1) is 25.3 Å². The van der Waals surface area contributed by atoms with Gasteiger partial charge in [0.2, 0.25) is 0 Å². The molecular formula is C12H11ClN2O3. The Bertz CT molecular complexity index is 580. The number of aliphatic carboxylic acids is 1. The molecule has 0 bridgehead atoms. The van der Waals surface area contributed by atoms with Crippen molar-refractivity contribution in [2.24, 2.45) is 0 Å². The average Bonchev–Trinajstić information content (AvgIpc) is 2.76. The maximum absolute atomic E-state index is 10.8. The van der Waals surface area contributed by atoms with Crippen molar-refractivity contribution < 1.29 is 14.6 Å². The number of halogens is 1. The van der Waals surface area contributed by atoms with E-state index in [0.717, 1.165) is 0 Å². The molecule has 0 aliphatic rings. The molecule has 1 aromatic heterocycles. The van der Waals surface area contributed by atoms with Crippen LogP contribution in [0.1, 0.15) is 0 Å². The molecule has 0 aliphatic heterocycles. The van der Waals surface area contributed by atoms with E-state index in [1.807, 2.05) is 0 Å². The number of hydrogen-bond acceptors (Lipinski definition) is 3. The second-order valence-electron chi connectivity index (χ2n) is 3.65. The van der Waals surface area contributed by atoms with Gasteiger partial charge in [-0.2, -0.15) is 0 Å². The number of rotatable bonds is 4. The predicted octanol–water partition coefficient (Wildman–Crippen LogP) is 2.30. The summed E-state index contributed by atoms with van der Waals surface area (Å²) in [6.07, 6.45) is 3.04. The number of methoxy groups -OCH3 is 1. The number of carboxylic acid groups (broad SMARTS) is 1. The quantitative estimate of drug-likeness (QED) is 0.922. The number of aromatic nitrogens is 2. The number of ether oxygens (including phenoxy) is 1. The van der Waals surface area contributed by atoms with E-state index in [-0.39, 0.29) is 6.54 Å². The van der Waals surface area contributed by atoms with Gasteiger partial charge in [-0.1, -0.05) is 11.6 Å². The highest BCUT2D eigenvalue weighted by molar-refractivity contribution is 6.30. The third-order valence-electron chi connectivity index (χ3n) is 2.46. The Morgan fingerprint density at radius 2 is 2.33 bits per heavy atom. The number of benzene rings is 1. The van der Waals surface area contributed by atoms with Crippen molar-refractivity contribution in [2.45, 2.75) is 6.54 Å². The zero-order chi connectivity index (χ0) is 13.1. The normalized spacial score (nSPS) is 10.3. The monoisotopic (exact) mass is 266 g/mol. The van der Waals surface area contributed by atoms with Crippen molar-refractivity contribution in [1.29, 1.82) is 0 Å². The van der Waals surface area contributed by atoms with Gasteiger partial charge in [0.1, 0.15) is 12.3 Å². The van der Waals surface area contributed by atoms with Crippen LogP contribution >= 0.6 is 11.6 Å². The van der Waals surface area contributed by atoms with Crippen molar-refractivity contribution in [1.82, 2.24) is 9.55 Å². The molecule has 2 rings (SSSR count). The summed E-state index contributed by atoms with van der Waals surface area (Å²) < 4.78 is 6.76. The molecule has 5 nitrogen and oxygen atoms in total. The highest BCUT2D eigenvalue weighted by Gasteiger charge is 2.13. The molecule has 0 unspecified atom stereocenters. The zero-order valence-electron chi connectivity index (χ0n) is 9.63. The van der Waals surface area contributed by atoms with Gasteiger partial charge >= 0.3 is 5.97 Å². The maximum Gasteiger partial charge on any atom is 0.323 e. The van der Waals surface area contributed by atoms with Crippen LogP contribution in [0.5, 0.6) is 5.75 Å². The fourth-order valence-electron chi connectivity index (χ4n) is 1.70. The van der Waals surface area contributed by atoms with Crippen LogP contribution < -0.4 is 4.74 Å². The molecule has 0 atom stereocenters. The largest absolute Gasteiger partial charge is 0.496 e. The summed E-state index contributed by atoms with van der Waals surface area (Å²) in [5.41, 5.74) is 1.36. The Labute approximate surface area is 109 Å². The average molecular weight is 267 g/mol. The summed E-state index contributed by atoms with van der Waals surface area (Å²) in [5.74, 6) is -0.318. The lowest BCUT2D eigenvalue weighted by Crippen LogP contribution is -2.09. The van der Waals surface area contributed by atoms with E-state index in [9.17, 15) is 4.79 Å². The molecular weight excluding hydrogens is 256 g/mol. The van der Waals surface area contributed by atoms with Gasteiger partial charge < -0.3 is 14.4 Å². The predicted molar refractivity (Wildman–Crippen MR) is 66.9 cm³/mol. The fourth-order valence-corrected chi connectivity index (χ4v) is 1.87. The second-order valence-corrected chi connectivity index (χ2v) is 4.08. The first kappa shape index (κ1) is 12.4. The van der Waals surface area contributed by atoms with Crippen LogP contribution in [0.4, 0.5) is 0 Å². The minimum Gasteiger partial charge on any atom is -0.496 e. The first-order chi connectivity index (χ1) is 8.61. The van der Waals surface area contributed by atoms with Gasteiger partial charge in [0, 0.05) is 10.6 Å². The van der Waals surface area contributed by atoms with Gasteiger partial charge in [-0.3, -0.25) is 4.79 Å². The van der Waals surface area contributed by atoms with E-state index in [1.165, 1.54) is 10.9 Å². The van der Waals surface area contributed by atoms with Crippen LogP contribution in [0.25, 0.3) is 11.3 Å². The summed E-state index contributed by atoms with van der Waals surface area (Å²) in [6, 6.07) is 5.16. The number of hydrogen-bond donors (Lipinski definition) is 1. The van der Waals surface area contributed by atoms with E-state index in [0.29, 0.717) is 22.0 Å². The molecule has 94 valence electrons. The van der Waals surface area contributed by atoms with Crippen LogP contribution in [-0.4, -0.2) is 27.7 Å². The molecule has 1 N–H and O–H groups in total. The SMILES string of the molecule is COc1ccc(Cl)cc1-c1cncn1CC(=O)O. The summed E-state index contributed by atoms with van der Waals surface area (Å²) in [7, 11) is 1.55. The second kappa shape index (κ2) is 5.10. The van der Waals surface area contributed by atoms with Gasteiger partial charge in [-0.05, 0) is 18.2 Å². The van der Waals surface area contributed by atoms with Gasteiger partial charge in [-0.15, -0.1) is 0 Å². The molecule has 0 radical (unpaired) electrons. The van der Waals surface area contributed by atoms with Crippen molar-refractivity contribution >= 4 is 17.6 Å². The lowest BCUT2D eigenvalue weighted by atomic mass is 10.1. The number of nitrogens with zero attached hydrogens (tertiary/aromatic N) is 2. The number of imidazole rings is 1. The van der Waals surface area contributed by atoms with E-state index in [4.69, 9.17) is 21.4 Å². The molecule has 0 amide bonds. The summed E-state index contributed by atoms with van der Waals surface area (Å²) >= 11 is 5.95. The molecule has 0 spiro atoms. The molecule has 0 aliphatic carbocycles. The summed E-state index contributed by atoms with van der Waals surface area (Å²) in [5, 5.41) is 9.38. The highest BCUT2D eigenvalue weighted by Crippen LogP contribution is 2.32. The van der Waals surface area contributed by atoms with Crippen LogP contribution in [0, 0.1) is 0 Å². The number of carbonyl (C=O) groups is 1. The summed E-state index contributed by atoms with van der Waals surface area (Å²) in [6.45, 7) is -0.162. The molecule has 1 aromatic carbocycles. The lowest BCUT2D eigenvalue weighted by molar-refractivity contribution is -0.137. The van der Waals surface area contributed by atoms with Crippen molar-refractivity contribution in [3.05, 3.63) is 35.7 Å². The zero-order valence-corrected chi connectivity index (χ0v) is 10.4. The van der Waals surface area contributed by atoms with Crippen LogP contribution in [0.2, 0.25) is 5.02 Å². The standard InChI is InChI=1S/C12H11ClN2O3/c1-18-11-3-2-8(13)4-9(11)10-5-14-7-15(10)6-12(16)17/h2-5,7H,6H2,1H3,(H,16,17). The Morgan fingerprint density at radius 1 is 1.56 bits per heavy atom. The first-order valence-corrected chi connectivity index (χ1v) is 5.55. The topological polar surface area (TPSA) is 64.4 Å². The third kappa shape index (κ3) is 2.46. The highest BCUT2D eigenvalue weighted by atomic mass is 35.5. The molecule has 0 saturated carbocycles. The number of carboxylic acids is 1. The molecule has 0 saturated heterocycles. The fraction of sp³-hybridized carbons (Fsp3) is 0.167. The van der Waals surface area contributed by atoms with Gasteiger partial charge in [-0.25, -0.2) is 4.98 Å². The van der Waals surface area contributed by atoms with Crippen LogP contribution in [0.15, 0.2) is 30.7 Å². The smallest absolute Gasteiger partial charge is 0.323 e. The Hall–Kier alpha value is -2.01. The molecule has 0 fully saturated rings. The van der Waals surface area contributed by atoms with Crippen molar-refractivity contribution in [3.8, 4) is 17.0 Å². The summed E-state index contributed by atoms with van der Waals surface area (Å²) in [4.78, 5) is 14.7. The van der Waals surface area contributed by atoms with E-state index in [1.54, 1.807) is 31.5 Å². The molecule has 6 heteroatoms. The Morgan fingerprint density at radius 3 is 3.00 bits per heavy atom. The van der Waals surface area contributed by atoms with Gasteiger partial charge in [0.25, 0.3) is 0 Å². The minimum atomic E-state index is -0.935. The Balaban J connectivity index is 2.51. The van der Waals surface area contributed by atoms with E-state index >= 15 is 0 Å². The van der Waals surface area contributed by atoms with E-state index in [2.05, 4.69) is 4.98 Å². The first-order valence-electron chi connectivity index (χ1n) is 5.17.